The first-order valence-corrected chi connectivity index (χ1v) is 5.61. The maximum Gasteiger partial charge on any atom is 0.210 e. The molecule has 0 saturated carbocycles. The molecule has 1 rings (SSSR count). The molecule has 4 nitrogen and oxygen atoms in total. The summed E-state index contributed by atoms with van der Waals surface area (Å²) in [7, 11) is 0. The predicted octanol–water partition coefficient (Wildman–Crippen LogP) is 2.15. The number of aryl methyl sites for hydroxylation is 1. The second-order valence-electron chi connectivity index (χ2n) is 3.17. The lowest BCUT2D eigenvalue weighted by Crippen LogP contribution is -2.36. The van der Waals surface area contributed by atoms with Crippen LogP contribution in [-0.2, 0) is 0 Å². The summed E-state index contributed by atoms with van der Waals surface area (Å²) in [6, 6.07) is 3.08. The number of hydrogen-bond donors (Lipinski definition) is 3. The van der Waals surface area contributed by atoms with Crippen LogP contribution in [0.25, 0.3) is 0 Å². The number of nitrogens with two attached hydrogens (primary N) is 1. The zero-order valence-corrected chi connectivity index (χ0v) is 10.7. The SMILES string of the molecule is CCN=C(NN)Nc1cc(F)c(Br)cc1C. The number of hydrogen-bond acceptors (Lipinski definition) is 2. The van der Waals surface area contributed by atoms with Crippen molar-refractivity contribution in [3.05, 3.63) is 28.0 Å². The summed E-state index contributed by atoms with van der Waals surface area (Å²) >= 11 is 3.12. The standard InChI is InChI=1S/C10H14BrFN4/c1-3-14-10(16-13)15-9-5-8(12)7(11)4-6(9)2/h4-5H,3,13H2,1-2H3,(H2,14,15,16). The quantitative estimate of drug-likeness (QED) is 0.338. The number of rotatable bonds is 2. The molecular formula is C10H14BrFN4. The van der Waals surface area contributed by atoms with Crippen molar-refractivity contribution in [2.45, 2.75) is 13.8 Å². The van der Waals surface area contributed by atoms with E-state index >= 15 is 0 Å². The van der Waals surface area contributed by atoms with E-state index in [4.69, 9.17) is 5.84 Å². The molecule has 0 heterocycles. The normalized spacial score (nSPS) is 11.4. The Bertz CT molecular complexity index is 406. The summed E-state index contributed by atoms with van der Waals surface area (Å²) in [5.41, 5.74) is 3.94. The summed E-state index contributed by atoms with van der Waals surface area (Å²) in [4.78, 5) is 4.07. The van der Waals surface area contributed by atoms with Crippen molar-refractivity contribution in [3.63, 3.8) is 0 Å². The van der Waals surface area contributed by atoms with E-state index < -0.39 is 0 Å². The van der Waals surface area contributed by atoms with Gasteiger partial charge in [-0.15, -0.1) is 0 Å². The molecule has 0 aliphatic rings. The topological polar surface area (TPSA) is 62.4 Å². The molecule has 1 aromatic rings. The lowest BCUT2D eigenvalue weighted by atomic mass is 10.2. The molecule has 88 valence electrons. The number of halogens is 2. The van der Waals surface area contributed by atoms with Gasteiger partial charge in [0.05, 0.1) is 4.47 Å². The van der Waals surface area contributed by atoms with E-state index in [1.165, 1.54) is 6.07 Å². The van der Waals surface area contributed by atoms with Crippen LogP contribution in [0.15, 0.2) is 21.6 Å². The predicted molar refractivity (Wildman–Crippen MR) is 67.8 cm³/mol. The Morgan fingerprint density at radius 2 is 2.25 bits per heavy atom. The number of nitrogens with one attached hydrogen (secondary N) is 2. The van der Waals surface area contributed by atoms with E-state index in [-0.39, 0.29) is 5.82 Å². The summed E-state index contributed by atoms with van der Waals surface area (Å²) in [5, 5.41) is 2.92. The first kappa shape index (κ1) is 12.9. The molecule has 0 radical (unpaired) electrons. The van der Waals surface area contributed by atoms with Crippen LogP contribution in [-0.4, -0.2) is 12.5 Å². The van der Waals surface area contributed by atoms with Crippen molar-refractivity contribution in [3.8, 4) is 0 Å². The second kappa shape index (κ2) is 5.81. The van der Waals surface area contributed by atoms with Gasteiger partial charge in [-0.1, -0.05) is 0 Å². The van der Waals surface area contributed by atoms with Crippen LogP contribution >= 0.6 is 15.9 Å². The lowest BCUT2D eigenvalue weighted by Gasteiger charge is -2.12. The molecular weight excluding hydrogens is 275 g/mol. The van der Waals surface area contributed by atoms with Gasteiger partial charge in [-0.05, 0) is 47.5 Å². The number of aliphatic imine (C=N–C) groups is 1. The summed E-state index contributed by atoms with van der Waals surface area (Å²) in [5.74, 6) is 5.36. The van der Waals surface area contributed by atoms with Gasteiger partial charge in [-0.3, -0.25) is 10.4 Å². The summed E-state index contributed by atoms with van der Waals surface area (Å²) in [6.45, 7) is 4.34. The molecule has 0 spiro atoms. The molecule has 0 fully saturated rings. The Hall–Kier alpha value is -1.14. The van der Waals surface area contributed by atoms with Crippen molar-refractivity contribution >= 4 is 27.6 Å². The van der Waals surface area contributed by atoms with Crippen LogP contribution in [0.1, 0.15) is 12.5 Å². The molecule has 0 amide bonds. The molecule has 1 aromatic carbocycles. The van der Waals surface area contributed by atoms with Gasteiger partial charge in [0.2, 0.25) is 5.96 Å². The van der Waals surface area contributed by atoms with Crippen LogP contribution in [0.5, 0.6) is 0 Å². The Balaban J connectivity index is 2.97. The monoisotopic (exact) mass is 288 g/mol. The Kier molecular flexibility index (Phi) is 4.70. The van der Waals surface area contributed by atoms with E-state index in [1.807, 2.05) is 13.8 Å². The third kappa shape index (κ3) is 3.18. The minimum Gasteiger partial charge on any atom is -0.325 e. The van der Waals surface area contributed by atoms with Gasteiger partial charge in [-0.25, -0.2) is 10.2 Å². The van der Waals surface area contributed by atoms with Crippen molar-refractivity contribution in [1.29, 1.82) is 0 Å². The Morgan fingerprint density at radius 1 is 1.56 bits per heavy atom. The van der Waals surface area contributed by atoms with Crippen LogP contribution in [0, 0.1) is 12.7 Å². The molecule has 0 aliphatic heterocycles. The van der Waals surface area contributed by atoms with Crippen LogP contribution in [0.4, 0.5) is 10.1 Å². The average molecular weight is 289 g/mol. The molecule has 0 atom stereocenters. The molecule has 0 saturated heterocycles. The smallest absolute Gasteiger partial charge is 0.210 e. The van der Waals surface area contributed by atoms with Crippen molar-refractivity contribution in [1.82, 2.24) is 5.43 Å². The average Bonchev–Trinajstić information content (AvgIpc) is 2.25. The molecule has 16 heavy (non-hydrogen) atoms. The second-order valence-corrected chi connectivity index (χ2v) is 4.03. The number of anilines is 1. The first-order valence-electron chi connectivity index (χ1n) is 4.82. The van der Waals surface area contributed by atoms with Gasteiger partial charge in [0.25, 0.3) is 0 Å². The van der Waals surface area contributed by atoms with E-state index in [0.29, 0.717) is 22.7 Å². The molecule has 6 heteroatoms. The minimum absolute atomic E-state index is 0.332. The highest BCUT2D eigenvalue weighted by atomic mass is 79.9. The highest BCUT2D eigenvalue weighted by Gasteiger charge is 2.06. The van der Waals surface area contributed by atoms with Gasteiger partial charge in [-0.2, -0.15) is 0 Å². The van der Waals surface area contributed by atoms with Gasteiger partial charge in [0.15, 0.2) is 0 Å². The van der Waals surface area contributed by atoms with Crippen molar-refractivity contribution in [2.75, 3.05) is 11.9 Å². The molecule has 4 N–H and O–H groups in total. The fraction of sp³-hybridized carbons (Fsp3) is 0.300. The van der Waals surface area contributed by atoms with E-state index in [0.717, 1.165) is 5.56 Å². The van der Waals surface area contributed by atoms with Gasteiger partial charge in [0, 0.05) is 12.2 Å². The molecule has 0 unspecified atom stereocenters. The number of hydrazine groups is 1. The zero-order chi connectivity index (χ0) is 12.1. The third-order valence-electron chi connectivity index (χ3n) is 1.97. The first-order chi connectivity index (χ1) is 7.58. The van der Waals surface area contributed by atoms with Crippen molar-refractivity contribution < 1.29 is 4.39 Å². The Labute approximate surface area is 102 Å². The van der Waals surface area contributed by atoms with Crippen LogP contribution in [0.3, 0.4) is 0 Å². The molecule has 0 aromatic heterocycles. The number of nitrogens with zero attached hydrogens (tertiary/aromatic N) is 1. The molecule has 0 aliphatic carbocycles. The molecule has 0 bridgehead atoms. The third-order valence-corrected chi connectivity index (χ3v) is 2.58. The maximum atomic E-state index is 13.3. The number of guanidine groups is 1. The van der Waals surface area contributed by atoms with Gasteiger partial charge < -0.3 is 5.32 Å². The van der Waals surface area contributed by atoms with E-state index in [9.17, 15) is 4.39 Å². The highest BCUT2D eigenvalue weighted by Crippen LogP contribution is 2.23. The zero-order valence-electron chi connectivity index (χ0n) is 9.14. The fourth-order valence-corrected chi connectivity index (χ4v) is 1.65. The highest BCUT2D eigenvalue weighted by molar-refractivity contribution is 9.10. The van der Waals surface area contributed by atoms with Crippen molar-refractivity contribution in [2.24, 2.45) is 10.8 Å². The summed E-state index contributed by atoms with van der Waals surface area (Å²) in [6.07, 6.45) is 0. The minimum atomic E-state index is -0.332. The van der Waals surface area contributed by atoms with Gasteiger partial charge in [0.1, 0.15) is 5.82 Å². The van der Waals surface area contributed by atoms with Gasteiger partial charge >= 0.3 is 0 Å². The Morgan fingerprint density at radius 3 is 2.81 bits per heavy atom. The van der Waals surface area contributed by atoms with Crippen LogP contribution in [0.2, 0.25) is 0 Å². The van der Waals surface area contributed by atoms with Crippen LogP contribution < -0.4 is 16.6 Å². The summed E-state index contributed by atoms with van der Waals surface area (Å²) < 4.78 is 13.8. The van der Waals surface area contributed by atoms with E-state index in [1.54, 1.807) is 6.07 Å². The maximum absolute atomic E-state index is 13.3. The fourth-order valence-electron chi connectivity index (χ4n) is 1.19. The van der Waals surface area contributed by atoms with E-state index in [2.05, 4.69) is 31.7 Å². The number of benzene rings is 1. The lowest BCUT2D eigenvalue weighted by molar-refractivity contribution is 0.621. The largest absolute Gasteiger partial charge is 0.325 e.